The van der Waals surface area contributed by atoms with Gasteiger partial charge >= 0.3 is 0 Å². The van der Waals surface area contributed by atoms with Gasteiger partial charge in [0.1, 0.15) is 0 Å². The van der Waals surface area contributed by atoms with Crippen LogP contribution in [0, 0.1) is 0 Å². The Labute approximate surface area is 132 Å². The molecule has 0 radical (unpaired) electrons. The van der Waals surface area contributed by atoms with Crippen LogP contribution in [0.25, 0.3) is 10.6 Å². The van der Waals surface area contributed by atoms with Gasteiger partial charge < -0.3 is 9.32 Å². The molecule has 1 aliphatic heterocycles. The van der Waals surface area contributed by atoms with Crippen molar-refractivity contribution < 1.29 is 9.21 Å². The molecule has 1 amide bonds. The Bertz CT molecular complexity index is 607. The fourth-order valence-corrected chi connectivity index (χ4v) is 4.12. The van der Waals surface area contributed by atoms with E-state index in [9.17, 15) is 4.79 Å². The summed E-state index contributed by atoms with van der Waals surface area (Å²) in [6, 6.07) is 4.30. The zero-order chi connectivity index (χ0) is 14.8. The molecule has 21 heavy (non-hydrogen) atoms. The molecule has 2 aromatic rings. The van der Waals surface area contributed by atoms with Gasteiger partial charge in [0.25, 0.3) is 0 Å². The van der Waals surface area contributed by atoms with Crippen molar-refractivity contribution in [2.75, 3.05) is 6.54 Å². The van der Waals surface area contributed by atoms with Gasteiger partial charge in [0.2, 0.25) is 11.8 Å². The van der Waals surface area contributed by atoms with Crippen LogP contribution in [0.5, 0.6) is 0 Å². The van der Waals surface area contributed by atoms with E-state index in [1.807, 2.05) is 22.4 Å². The van der Waals surface area contributed by atoms with E-state index >= 15 is 0 Å². The maximum Gasteiger partial charge on any atom is 0.236 e. The first kappa shape index (κ1) is 14.7. The number of oxazole rings is 1. The molecule has 0 aromatic carbocycles. The van der Waals surface area contributed by atoms with Crippen LogP contribution in [0.1, 0.15) is 26.2 Å². The van der Waals surface area contributed by atoms with Crippen molar-refractivity contribution in [3.05, 3.63) is 29.6 Å². The van der Waals surface area contributed by atoms with Gasteiger partial charge in [0.15, 0.2) is 5.76 Å². The normalized spacial score (nSPS) is 18.9. The lowest BCUT2D eigenvalue weighted by Crippen LogP contribution is -2.34. The van der Waals surface area contributed by atoms with E-state index in [0.717, 1.165) is 23.6 Å². The topological polar surface area (TPSA) is 46.3 Å². The van der Waals surface area contributed by atoms with Crippen molar-refractivity contribution >= 4 is 29.0 Å². The minimum absolute atomic E-state index is 0.0458. The molecule has 0 saturated carbocycles. The second-order valence-corrected chi connectivity index (χ2v) is 7.45. The lowest BCUT2D eigenvalue weighted by Gasteiger charge is -2.20. The monoisotopic (exact) mass is 322 g/mol. The third-order valence-corrected chi connectivity index (χ3v) is 5.68. The molecule has 0 aliphatic carbocycles. The summed E-state index contributed by atoms with van der Waals surface area (Å²) in [7, 11) is 0. The summed E-state index contributed by atoms with van der Waals surface area (Å²) >= 11 is 3.27. The molecular formula is C15H18N2O2S2. The highest BCUT2D eigenvalue weighted by molar-refractivity contribution is 7.99. The third-order valence-electron chi connectivity index (χ3n) is 3.54. The molecule has 6 heteroatoms. The molecule has 3 rings (SSSR count). The van der Waals surface area contributed by atoms with Crippen LogP contribution in [0.2, 0.25) is 0 Å². The van der Waals surface area contributed by atoms with Crippen molar-refractivity contribution in [1.29, 1.82) is 0 Å². The highest BCUT2D eigenvalue weighted by Crippen LogP contribution is 2.30. The van der Waals surface area contributed by atoms with Gasteiger partial charge in [-0.05, 0) is 31.7 Å². The van der Waals surface area contributed by atoms with E-state index in [2.05, 4.69) is 18.8 Å². The van der Waals surface area contributed by atoms with E-state index in [4.69, 9.17) is 4.42 Å². The maximum absolute atomic E-state index is 12.2. The third kappa shape index (κ3) is 3.16. The van der Waals surface area contributed by atoms with E-state index in [1.165, 1.54) is 0 Å². The van der Waals surface area contributed by atoms with Crippen LogP contribution in [-0.2, 0) is 10.5 Å². The van der Waals surface area contributed by atoms with Gasteiger partial charge in [-0.2, -0.15) is 0 Å². The first-order chi connectivity index (χ1) is 10.1. The molecule has 0 N–H and O–H groups in total. The fraction of sp³-hybridized carbons (Fsp3) is 0.467. The number of hydrogen-bond acceptors (Lipinski definition) is 5. The summed E-state index contributed by atoms with van der Waals surface area (Å²) < 4.78 is 5.75. The number of amides is 1. The van der Waals surface area contributed by atoms with E-state index < -0.39 is 0 Å². The number of likely N-dealkylation sites (tertiary alicyclic amines) is 1. The molecule has 1 aliphatic rings. The van der Waals surface area contributed by atoms with Gasteiger partial charge in [-0.1, -0.05) is 6.07 Å². The lowest BCUT2D eigenvalue weighted by atomic mass is 10.3. The first-order valence-electron chi connectivity index (χ1n) is 7.06. The Morgan fingerprint density at radius 3 is 3.10 bits per heavy atom. The summed E-state index contributed by atoms with van der Waals surface area (Å²) in [5.74, 6) is 2.40. The maximum atomic E-state index is 12.2. The molecule has 3 heterocycles. The van der Waals surface area contributed by atoms with Crippen LogP contribution in [0.3, 0.4) is 0 Å². The summed E-state index contributed by atoms with van der Waals surface area (Å²) in [6.07, 6.45) is 2.68. The van der Waals surface area contributed by atoms with Crippen LogP contribution < -0.4 is 0 Å². The van der Waals surface area contributed by atoms with E-state index in [0.29, 0.717) is 11.6 Å². The Balaban J connectivity index is 1.58. The number of hydrogen-bond donors (Lipinski definition) is 0. The van der Waals surface area contributed by atoms with Crippen molar-refractivity contribution in [1.82, 2.24) is 9.88 Å². The zero-order valence-corrected chi connectivity index (χ0v) is 13.7. The molecule has 2 aromatic heterocycles. The Morgan fingerprint density at radius 2 is 2.43 bits per heavy atom. The number of nitrogens with zero attached hydrogens (tertiary/aromatic N) is 2. The highest BCUT2D eigenvalue weighted by atomic mass is 32.2. The van der Waals surface area contributed by atoms with Crippen LogP contribution in [0.15, 0.2) is 28.1 Å². The summed E-state index contributed by atoms with van der Waals surface area (Å²) in [4.78, 5) is 19.6. The van der Waals surface area contributed by atoms with Crippen molar-refractivity contribution in [2.45, 2.75) is 37.3 Å². The summed E-state index contributed by atoms with van der Waals surface area (Å²) in [5.41, 5.74) is 0. The van der Waals surface area contributed by atoms with Gasteiger partial charge in [-0.15, -0.1) is 23.1 Å². The molecule has 4 nitrogen and oxygen atoms in total. The van der Waals surface area contributed by atoms with Crippen LogP contribution >= 0.6 is 23.1 Å². The van der Waals surface area contributed by atoms with Gasteiger partial charge in [-0.25, -0.2) is 4.98 Å². The molecule has 0 spiro atoms. The smallest absolute Gasteiger partial charge is 0.236 e. The molecule has 1 fully saturated rings. The molecule has 0 unspecified atom stereocenters. The second kappa shape index (κ2) is 6.23. The number of thioether (sulfide) groups is 1. The minimum atomic E-state index is 0.0458. The second-order valence-electron chi connectivity index (χ2n) is 5.31. The molecule has 1 saturated heterocycles. The van der Waals surface area contributed by atoms with Gasteiger partial charge in [0.05, 0.1) is 22.1 Å². The average Bonchev–Trinajstić information content (AvgIpc) is 3.17. The molecule has 0 bridgehead atoms. The van der Waals surface area contributed by atoms with Crippen molar-refractivity contribution in [2.24, 2.45) is 0 Å². The predicted octanol–water partition coefficient (Wildman–Crippen LogP) is 3.65. The van der Waals surface area contributed by atoms with Crippen molar-refractivity contribution in [3.8, 4) is 10.6 Å². The minimum Gasteiger partial charge on any atom is -0.439 e. The predicted molar refractivity (Wildman–Crippen MR) is 86.4 cm³/mol. The largest absolute Gasteiger partial charge is 0.439 e. The Morgan fingerprint density at radius 1 is 1.57 bits per heavy atom. The van der Waals surface area contributed by atoms with Crippen LogP contribution in [0.4, 0.5) is 0 Å². The van der Waals surface area contributed by atoms with Gasteiger partial charge in [-0.3, -0.25) is 4.79 Å². The lowest BCUT2D eigenvalue weighted by molar-refractivity contribution is -0.128. The fourth-order valence-electron chi connectivity index (χ4n) is 2.42. The Kier molecular flexibility index (Phi) is 4.35. The number of carbonyl (C=O) groups excluding carboxylic acids is 1. The van der Waals surface area contributed by atoms with E-state index in [1.54, 1.807) is 29.3 Å². The highest BCUT2D eigenvalue weighted by Gasteiger charge is 2.33. The Hall–Kier alpha value is -1.27. The quantitative estimate of drug-likeness (QED) is 0.843. The number of carbonyl (C=O) groups is 1. The SMILES string of the molecule is CC(C)N1CC[C@H](SCc2ncc(-c3cccs3)o2)C1=O. The zero-order valence-electron chi connectivity index (χ0n) is 12.1. The summed E-state index contributed by atoms with van der Waals surface area (Å²) in [5, 5.41) is 2.06. The van der Waals surface area contributed by atoms with E-state index in [-0.39, 0.29) is 17.2 Å². The summed E-state index contributed by atoms with van der Waals surface area (Å²) in [6.45, 7) is 4.98. The molecular weight excluding hydrogens is 304 g/mol. The van der Waals surface area contributed by atoms with Crippen molar-refractivity contribution in [3.63, 3.8) is 0 Å². The average molecular weight is 322 g/mol. The standard InChI is InChI=1S/C15H18N2O2S2/c1-10(2)17-6-5-13(15(17)18)21-9-14-16-8-11(19-14)12-4-3-7-20-12/h3-4,7-8,10,13H,5-6,9H2,1-2H3/t13-/m0/s1. The number of aromatic nitrogens is 1. The number of thiophene rings is 1. The molecule has 112 valence electrons. The number of rotatable bonds is 5. The first-order valence-corrected chi connectivity index (χ1v) is 8.98. The van der Waals surface area contributed by atoms with Gasteiger partial charge in [0, 0.05) is 12.6 Å². The van der Waals surface area contributed by atoms with Crippen LogP contribution in [-0.4, -0.2) is 33.6 Å². The molecule has 1 atom stereocenters.